The first-order valence-electron chi connectivity index (χ1n) is 10.6. The van der Waals surface area contributed by atoms with Crippen LogP contribution < -0.4 is 10.6 Å². The number of hydrogen-bond donors (Lipinski definition) is 3. The Hall–Kier alpha value is -3.27. The van der Waals surface area contributed by atoms with Crippen molar-refractivity contribution in [2.75, 3.05) is 5.32 Å². The number of benzene rings is 1. The first-order chi connectivity index (χ1) is 15.4. The number of carboxylic acids is 1. The number of hydrogen-bond acceptors (Lipinski definition) is 6. The number of carboxylic acid groups (broad SMARTS) is 1. The molecule has 0 bridgehead atoms. The largest absolute Gasteiger partial charge is 0.476 e. The number of rotatable bonds is 7. The van der Waals surface area contributed by atoms with Crippen molar-refractivity contribution in [3.8, 4) is 0 Å². The molecule has 10 heteroatoms. The van der Waals surface area contributed by atoms with E-state index in [1.54, 1.807) is 24.3 Å². The summed E-state index contributed by atoms with van der Waals surface area (Å²) < 4.78 is 0. The molecular formula is C22H24N4O5S. The number of carbonyl (C=O) groups excluding carboxylic acids is 3. The fourth-order valence-corrected chi connectivity index (χ4v) is 5.03. The molecule has 1 unspecified atom stereocenters. The average molecular weight is 457 g/mol. The Kier molecular flexibility index (Phi) is 6.50. The lowest BCUT2D eigenvalue weighted by atomic mass is 9.84. The molecule has 4 amide bonds. The smallest absolute Gasteiger partial charge is 0.355 e. The number of aromatic carboxylic acids is 1. The van der Waals surface area contributed by atoms with Gasteiger partial charge in [-0.1, -0.05) is 62.4 Å². The molecule has 1 aliphatic carbocycles. The highest BCUT2D eigenvalue weighted by Gasteiger charge is 2.46. The third-order valence-electron chi connectivity index (χ3n) is 5.95. The minimum Gasteiger partial charge on any atom is -0.476 e. The lowest BCUT2D eigenvalue weighted by Crippen LogP contribution is -2.48. The van der Waals surface area contributed by atoms with Crippen LogP contribution in [0.15, 0.2) is 35.7 Å². The standard InChI is InChI=1S/C22H24N4O5S/c27-18(25-21-23-15(12-32-21)20(29)30)16(11-13-7-3-1-4-8-13)26-19(28)17(24-22(26)31)14-9-5-2-6-10-14/h2,5-6,9-10,12-13,16-17H,1,3-4,7-8,11H2,(H,24,31)(H,29,30)(H,23,25,27)/t16?,17-/m0/s1. The molecule has 1 aliphatic heterocycles. The lowest BCUT2D eigenvalue weighted by Gasteiger charge is -2.30. The zero-order chi connectivity index (χ0) is 22.7. The summed E-state index contributed by atoms with van der Waals surface area (Å²) >= 11 is 0.983. The van der Waals surface area contributed by atoms with E-state index in [0.29, 0.717) is 12.0 Å². The Bertz CT molecular complexity index is 1020. The van der Waals surface area contributed by atoms with Crippen LogP contribution in [-0.4, -0.2) is 44.8 Å². The van der Waals surface area contributed by atoms with Crippen LogP contribution in [0.4, 0.5) is 9.93 Å². The molecular weight excluding hydrogens is 432 g/mol. The number of anilines is 1. The van der Waals surface area contributed by atoms with Gasteiger partial charge in [0.2, 0.25) is 5.91 Å². The van der Waals surface area contributed by atoms with Gasteiger partial charge in [-0.3, -0.25) is 9.59 Å². The number of amides is 4. The van der Waals surface area contributed by atoms with E-state index in [1.165, 1.54) is 5.38 Å². The van der Waals surface area contributed by atoms with Crippen LogP contribution in [0.5, 0.6) is 0 Å². The maximum Gasteiger partial charge on any atom is 0.355 e. The summed E-state index contributed by atoms with van der Waals surface area (Å²) in [6, 6.07) is 6.45. The quantitative estimate of drug-likeness (QED) is 0.548. The van der Waals surface area contributed by atoms with Gasteiger partial charge in [-0.25, -0.2) is 19.5 Å². The highest BCUT2D eigenvalue weighted by Crippen LogP contribution is 2.32. The summed E-state index contributed by atoms with van der Waals surface area (Å²) in [6.07, 6.45) is 5.50. The summed E-state index contributed by atoms with van der Waals surface area (Å²) in [4.78, 5) is 55.3. The Morgan fingerprint density at radius 1 is 1.19 bits per heavy atom. The average Bonchev–Trinajstić information content (AvgIpc) is 3.38. The molecule has 1 aromatic carbocycles. The Balaban J connectivity index is 1.57. The molecule has 0 radical (unpaired) electrons. The highest BCUT2D eigenvalue weighted by atomic mass is 32.1. The van der Waals surface area contributed by atoms with Crippen molar-refractivity contribution in [1.29, 1.82) is 0 Å². The van der Waals surface area contributed by atoms with Crippen LogP contribution in [0.2, 0.25) is 0 Å². The maximum absolute atomic E-state index is 13.2. The first kappa shape index (κ1) is 21.9. The third-order valence-corrected chi connectivity index (χ3v) is 6.71. The summed E-state index contributed by atoms with van der Waals surface area (Å²) in [5.74, 6) is -1.98. The van der Waals surface area contributed by atoms with Gasteiger partial charge in [0, 0.05) is 5.38 Å². The molecule has 2 aliphatic rings. The second-order valence-corrected chi connectivity index (χ2v) is 8.95. The van der Waals surface area contributed by atoms with Gasteiger partial charge >= 0.3 is 12.0 Å². The van der Waals surface area contributed by atoms with Crippen LogP contribution in [0, 0.1) is 5.92 Å². The molecule has 2 heterocycles. The van der Waals surface area contributed by atoms with Crippen molar-refractivity contribution in [3.05, 3.63) is 47.0 Å². The molecule has 9 nitrogen and oxygen atoms in total. The van der Waals surface area contributed by atoms with Crippen LogP contribution in [0.1, 0.15) is 60.6 Å². The first-order valence-corrected chi connectivity index (χ1v) is 11.5. The number of nitrogens with zero attached hydrogens (tertiary/aromatic N) is 2. The van der Waals surface area contributed by atoms with Gasteiger partial charge in [-0.05, 0) is 17.9 Å². The Morgan fingerprint density at radius 3 is 2.56 bits per heavy atom. The van der Waals surface area contributed by atoms with Gasteiger partial charge in [0.1, 0.15) is 12.1 Å². The Morgan fingerprint density at radius 2 is 1.91 bits per heavy atom. The molecule has 1 aromatic heterocycles. The van der Waals surface area contributed by atoms with Crippen molar-refractivity contribution < 1.29 is 24.3 Å². The van der Waals surface area contributed by atoms with E-state index in [4.69, 9.17) is 5.11 Å². The number of imide groups is 1. The van der Waals surface area contributed by atoms with Gasteiger partial charge in [-0.15, -0.1) is 11.3 Å². The summed E-state index contributed by atoms with van der Waals surface area (Å²) in [7, 11) is 0. The number of urea groups is 1. The molecule has 0 spiro atoms. The highest BCUT2D eigenvalue weighted by molar-refractivity contribution is 7.14. The van der Waals surface area contributed by atoms with Crippen molar-refractivity contribution >= 4 is 40.3 Å². The van der Waals surface area contributed by atoms with Crippen LogP contribution >= 0.6 is 11.3 Å². The fourth-order valence-electron chi connectivity index (χ4n) is 4.35. The van der Waals surface area contributed by atoms with Crippen molar-refractivity contribution in [1.82, 2.24) is 15.2 Å². The van der Waals surface area contributed by atoms with E-state index in [9.17, 15) is 19.2 Å². The van der Waals surface area contributed by atoms with E-state index >= 15 is 0 Å². The summed E-state index contributed by atoms with van der Waals surface area (Å²) in [6.45, 7) is 0. The molecule has 3 N–H and O–H groups in total. The van der Waals surface area contributed by atoms with E-state index < -0.39 is 35.9 Å². The topological polar surface area (TPSA) is 129 Å². The van der Waals surface area contributed by atoms with E-state index in [1.807, 2.05) is 6.07 Å². The second-order valence-electron chi connectivity index (χ2n) is 8.09. The normalized spacial score (nSPS) is 20.1. The Labute approximate surface area is 188 Å². The minimum atomic E-state index is -1.19. The van der Waals surface area contributed by atoms with E-state index in [-0.39, 0.29) is 16.7 Å². The number of aromatic nitrogens is 1. The molecule has 1 saturated heterocycles. The van der Waals surface area contributed by atoms with E-state index in [2.05, 4.69) is 15.6 Å². The number of carbonyl (C=O) groups is 4. The predicted molar refractivity (Wildman–Crippen MR) is 117 cm³/mol. The van der Waals surface area contributed by atoms with E-state index in [0.717, 1.165) is 48.3 Å². The molecule has 168 valence electrons. The summed E-state index contributed by atoms with van der Waals surface area (Å²) in [5, 5.41) is 15.8. The van der Waals surface area contributed by atoms with Gasteiger partial charge in [0.25, 0.3) is 5.91 Å². The van der Waals surface area contributed by atoms with Crippen molar-refractivity contribution in [3.63, 3.8) is 0 Å². The zero-order valence-corrected chi connectivity index (χ0v) is 18.1. The SMILES string of the molecule is O=C(O)c1csc(NC(=O)C(CC2CCCCC2)N2C(=O)N[C@@H](c3ccccc3)C2=O)n1. The monoisotopic (exact) mass is 456 g/mol. The van der Waals surface area contributed by atoms with Crippen molar-refractivity contribution in [2.45, 2.75) is 50.6 Å². The molecule has 4 rings (SSSR count). The van der Waals surface area contributed by atoms with Crippen LogP contribution in [-0.2, 0) is 9.59 Å². The summed E-state index contributed by atoms with van der Waals surface area (Å²) in [5.41, 5.74) is 0.476. The van der Waals surface area contributed by atoms with Crippen molar-refractivity contribution in [2.24, 2.45) is 5.92 Å². The van der Waals surface area contributed by atoms with Gasteiger partial charge < -0.3 is 15.7 Å². The third kappa shape index (κ3) is 4.64. The van der Waals surface area contributed by atoms with Crippen LogP contribution in [0.3, 0.4) is 0 Å². The van der Waals surface area contributed by atoms with Crippen LogP contribution in [0.25, 0.3) is 0 Å². The number of thiazole rings is 1. The number of nitrogens with one attached hydrogen (secondary N) is 2. The van der Waals surface area contributed by atoms with Gasteiger partial charge in [0.15, 0.2) is 10.8 Å². The molecule has 1 saturated carbocycles. The molecule has 2 aromatic rings. The molecule has 32 heavy (non-hydrogen) atoms. The minimum absolute atomic E-state index is 0.118. The second kappa shape index (κ2) is 9.47. The van der Waals surface area contributed by atoms with Gasteiger partial charge in [0.05, 0.1) is 0 Å². The zero-order valence-electron chi connectivity index (χ0n) is 17.3. The molecule has 2 fully saturated rings. The van der Waals surface area contributed by atoms with Gasteiger partial charge in [-0.2, -0.15) is 0 Å². The predicted octanol–water partition coefficient (Wildman–Crippen LogP) is 3.41. The lowest BCUT2D eigenvalue weighted by molar-refractivity contribution is -0.134. The fraction of sp³-hybridized carbons (Fsp3) is 0.409. The molecule has 2 atom stereocenters. The maximum atomic E-state index is 13.2.